The van der Waals surface area contributed by atoms with Gasteiger partial charge in [-0.2, -0.15) is 0 Å². The lowest BCUT2D eigenvalue weighted by Crippen LogP contribution is -2.33. The minimum absolute atomic E-state index is 0.0335. The third kappa shape index (κ3) is 5.29. The zero-order valence-electron chi connectivity index (χ0n) is 10.7. The summed E-state index contributed by atoms with van der Waals surface area (Å²) in [5.41, 5.74) is 1.04. The van der Waals surface area contributed by atoms with Crippen LogP contribution in [0.25, 0.3) is 0 Å². The molecule has 0 aromatic heterocycles. The van der Waals surface area contributed by atoms with Crippen molar-refractivity contribution in [2.75, 3.05) is 13.2 Å². The van der Waals surface area contributed by atoms with Gasteiger partial charge in [0.1, 0.15) is 0 Å². The van der Waals surface area contributed by atoms with E-state index < -0.39 is 6.10 Å². The second kappa shape index (κ2) is 7.84. The van der Waals surface area contributed by atoms with Gasteiger partial charge in [-0.15, -0.1) is 0 Å². The fourth-order valence-electron chi connectivity index (χ4n) is 1.71. The molecule has 0 aliphatic rings. The van der Waals surface area contributed by atoms with E-state index >= 15 is 0 Å². The van der Waals surface area contributed by atoms with Gasteiger partial charge in [0.05, 0.1) is 12.7 Å². The molecule has 0 aliphatic carbocycles. The van der Waals surface area contributed by atoms with Crippen LogP contribution >= 0.6 is 0 Å². The number of hydrogen-bond donors (Lipinski definition) is 2. The van der Waals surface area contributed by atoms with Gasteiger partial charge in [0.15, 0.2) is 0 Å². The summed E-state index contributed by atoms with van der Waals surface area (Å²) in [5, 5.41) is 18.2. The highest BCUT2D eigenvalue weighted by Crippen LogP contribution is 2.07. The lowest BCUT2D eigenvalue weighted by molar-refractivity contribution is -0.132. The number of nitrogens with zero attached hydrogens (tertiary/aromatic N) is 1. The average Bonchev–Trinajstić information content (AvgIpc) is 2.36. The third-order valence-corrected chi connectivity index (χ3v) is 2.71. The highest BCUT2D eigenvalue weighted by Gasteiger charge is 2.14. The molecule has 0 heterocycles. The van der Waals surface area contributed by atoms with Crippen LogP contribution in [0.1, 0.15) is 25.3 Å². The summed E-state index contributed by atoms with van der Waals surface area (Å²) in [6, 6.07) is 9.67. The van der Waals surface area contributed by atoms with Crippen LogP contribution in [0.15, 0.2) is 30.3 Å². The number of benzene rings is 1. The summed E-state index contributed by atoms with van der Waals surface area (Å²) in [6.45, 7) is 2.45. The molecular formula is C14H21NO3. The largest absolute Gasteiger partial charge is 0.395 e. The molecule has 1 atom stereocenters. The maximum Gasteiger partial charge on any atom is 0.223 e. The van der Waals surface area contributed by atoms with Crippen molar-refractivity contribution < 1.29 is 15.0 Å². The van der Waals surface area contributed by atoms with Gasteiger partial charge in [-0.25, -0.2) is 0 Å². The minimum Gasteiger partial charge on any atom is -0.395 e. The van der Waals surface area contributed by atoms with Gasteiger partial charge in [0, 0.05) is 19.5 Å². The van der Waals surface area contributed by atoms with Crippen molar-refractivity contribution in [2.45, 2.75) is 32.4 Å². The number of amides is 1. The van der Waals surface area contributed by atoms with Crippen molar-refractivity contribution in [2.24, 2.45) is 0 Å². The van der Waals surface area contributed by atoms with E-state index in [1.54, 1.807) is 11.8 Å². The smallest absolute Gasteiger partial charge is 0.223 e. The van der Waals surface area contributed by atoms with Crippen molar-refractivity contribution >= 4 is 5.91 Å². The van der Waals surface area contributed by atoms with Gasteiger partial charge in [-0.05, 0) is 18.9 Å². The molecule has 1 unspecified atom stereocenters. The normalized spacial score (nSPS) is 12.2. The molecule has 1 aromatic rings. The van der Waals surface area contributed by atoms with Crippen LogP contribution in [0.3, 0.4) is 0 Å². The molecular weight excluding hydrogens is 230 g/mol. The molecule has 0 fully saturated rings. The second-order valence-corrected chi connectivity index (χ2v) is 4.41. The molecule has 0 aliphatic heterocycles. The van der Waals surface area contributed by atoms with Gasteiger partial charge in [0.25, 0.3) is 0 Å². The fraction of sp³-hybridized carbons (Fsp3) is 0.500. The monoisotopic (exact) mass is 251 g/mol. The number of aliphatic hydroxyl groups is 2. The van der Waals surface area contributed by atoms with Gasteiger partial charge in [-0.1, -0.05) is 30.3 Å². The highest BCUT2D eigenvalue weighted by molar-refractivity contribution is 5.76. The molecule has 1 amide bonds. The van der Waals surface area contributed by atoms with E-state index in [1.165, 1.54) is 0 Å². The van der Waals surface area contributed by atoms with E-state index in [9.17, 15) is 9.90 Å². The summed E-state index contributed by atoms with van der Waals surface area (Å²) in [7, 11) is 0. The van der Waals surface area contributed by atoms with Crippen molar-refractivity contribution in [3.05, 3.63) is 35.9 Å². The standard InChI is InChI=1S/C14H21NO3/c1-12(17)7-8-14(18)15(9-10-16)11-13-5-3-2-4-6-13/h2-6,12,16-17H,7-11H2,1H3. The van der Waals surface area contributed by atoms with E-state index in [2.05, 4.69) is 0 Å². The Balaban J connectivity index is 2.56. The molecule has 1 rings (SSSR count). The Bertz CT molecular complexity index is 351. The number of rotatable bonds is 7. The zero-order chi connectivity index (χ0) is 13.4. The Hall–Kier alpha value is -1.39. The predicted octanol–water partition coefficient (Wildman–Crippen LogP) is 1.17. The third-order valence-electron chi connectivity index (χ3n) is 2.71. The molecule has 18 heavy (non-hydrogen) atoms. The molecule has 0 spiro atoms. The van der Waals surface area contributed by atoms with Gasteiger partial charge in [0.2, 0.25) is 5.91 Å². The van der Waals surface area contributed by atoms with Crippen molar-refractivity contribution in [1.82, 2.24) is 4.90 Å². The molecule has 0 saturated carbocycles. The quantitative estimate of drug-likeness (QED) is 0.764. The molecule has 0 saturated heterocycles. The summed E-state index contributed by atoms with van der Waals surface area (Å²) < 4.78 is 0. The highest BCUT2D eigenvalue weighted by atomic mass is 16.3. The van der Waals surface area contributed by atoms with Crippen LogP contribution < -0.4 is 0 Å². The van der Waals surface area contributed by atoms with E-state index in [1.807, 2.05) is 30.3 Å². The summed E-state index contributed by atoms with van der Waals surface area (Å²) in [5.74, 6) is -0.0335. The Kier molecular flexibility index (Phi) is 6.39. The van der Waals surface area contributed by atoms with Crippen molar-refractivity contribution in [3.8, 4) is 0 Å². The van der Waals surface area contributed by atoms with Crippen LogP contribution in [0.5, 0.6) is 0 Å². The van der Waals surface area contributed by atoms with Crippen molar-refractivity contribution in [1.29, 1.82) is 0 Å². The first kappa shape index (κ1) is 14.7. The molecule has 0 radical (unpaired) electrons. The van der Waals surface area contributed by atoms with Crippen molar-refractivity contribution in [3.63, 3.8) is 0 Å². The van der Waals surface area contributed by atoms with Crippen LogP contribution in [0, 0.1) is 0 Å². The van der Waals surface area contributed by atoms with Gasteiger partial charge in [-0.3, -0.25) is 4.79 Å². The molecule has 0 bridgehead atoms. The SMILES string of the molecule is CC(O)CCC(=O)N(CCO)Cc1ccccc1. The Morgan fingerprint density at radius 2 is 2.00 bits per heavy atom. The lowest BCUT2D eigenvalue weighted by Gasteiger charge is -2.22. The molecule has 2 N–H and O–H groups in total. The summed E-state index contributed by atoms with van der Waals surface area (Å²) in [4.78, 5) is 13.6. The molecule has 1 aromatic carbocycles. The fourth-order valence-corrected chi connectivity index (χ4v) is 1.71. The van der Waals surface area contributed by atoms with E-state index in [4.69, 9.17) is 5.11 Å². The Labute approximate surface area is 108 Å². The predicted molar refractivity (Wildman–Crippen MR) is 69.9 cm³/mol. The number of aliphatic hydroxyl groups excluding tert-OH is 2. The van der Waals surface area contributed by atoms with Crippen LogP contribution in [-0.4, -0.2) is 40.3 Å². The summed E-state index contributed by atoms with van der Waals surface area (Å²) >= 11 is 0. The van der Waals surface area contributed by atoms with Crippen LogP contribution in [0.2, 0.25) is 0 Å². The average molecular weight is 251 g/mol. The molecule has 4 nitrogen and oxygen atoms in total. The Morgan fingerprint density at radius 1 is 1.33 bits per heavy atom. The van der Waals surface area contributed by atoms with Crippen LogP contribution in [0.4, 0.5) is 0 Å². The minimum atomic E-state index is -0.471. The topological polar surface area (TPSA) is 60.8 Å². The number of carbonyl (C=O) groups excluding carboxylic acids is 1. The van der Waals surface area contributed by atoms with Crippen LogP contribution in [-0.2, 0) is 11.3 Å². The van der Waals surface area contributed by atoms with E-state index in [0.717, 1.165) is 5.56 Å². The van der Waals surface area contributed by atoms with Gasteiger partial charge < -0.3 is 15.1 Å². The first-order chi connectivity index (χ1) is 8.63. The maximum absolute atomic E-state index is 11.9. The zero-order valence-corrected chi connectivity index (χ0v) is 10.7. The maximum atomic E-state index is 11.9. The van der Waals surface area contributed by atoms with E-state index in [-0.39, 0.29) is 12.5 Å². The Morgan fingerprint density at radius 3 is 2.56 bits per heavy atom. The van der Waals surface area contributed by atoms with E-state index in [0.29, 0.717) is 25.9 Å². The number of carbonyl (C=O) groups is 1. The molecule has 4 heteroatoms. The second-order valence-electron chi connectivity index (χ2n) is 4.41. The first-order valence-corrected chi connectivity index (χ1v) is 6.24. The van der Waals surface area contributed by atoms with Gasteiger partial charge >= 0.3 is 0 Å². The summed E-state index contributed by atoms with van der Waals surface area (Å²) in [6.07, 6.45) is 0.293. The first-order valence-electron chi connectivity index (χ1n) is 6.24. The lowest BCUT2D eigenvalue weighted by atomic mass is 10.1. The number of hydrogen-bond acceptors (Lipinski definition) is 3. The molecule has 100 valence electrons.